The summed E-state index contributed by atoms with van der Waals surface area (Å²) >= 11 is 0. The van der Waals surface area contributed by atoms with E-state index >= 15 is 0 Å². The van der Waals surface area contributed by atoms with Gasteiger partial charge >= 0.3 is 0 Å². The summed E-state index contributed by atoms with van der Waals surface area (Å²) in [6.45, 7) is 3.54. The van der Waals surface area contributed by atoms with Crippen LogP contribution in [0.1, 0.15) is 6.42 Å². The molecule has 1 heterocycles. The SMILES string of the molecule is COc1ccccc1OCCNCC1(OC)CCOC1. The quantitative estimate of drug-likeness (QED) is 0.731. The van der Waals surface area contributed by atoms with Crippen molar-refractivity contribution < 1.29 is 18.9 Å². The van der Waals surface area contributed by atoms with Gasteiger partial charge in [0.1, 0.15) is 12.2 Å². The van der Waals surface area contributed by atoms with Gasteiger partial charge in [0.15, 0.2) is 11.5 Å². The maximum absolute atomic E-state index is 5.70. The number of ether oxygens (including phenoxy) is 4. The van der Waals surface area contributed by atoms with Crippen molar-refractivity contribution in [2.24, 2.45) is 0 Å². The minimum atomic E-state index is -0.176. The fourth-order valence-electron chi connectivity index (χ4n) is 2.25. The predicted molar refractivity (Wildman–Crippen MR) is 76.5 cm³/mol. The molecule has 1 saturated heterocycles. The molecule has 5 nitrogen and oxygen atoms in total. The summed E-state index contributed by atoms with van der Waals surface area (Å²) in [6.07, 6.45) is 0.934. The fraction of sp³-hybridized carbons (Fsp3) is 0.600. The van der Waals surface area contributed by atoms with E-state index in [1.165, 1.54) is 0 Å². The van der Waals surface area contributed by atoms with Crippen molar-refractivity contribution in [1.82, 2.24) is 5.32 Å². The van der Waals surface area contributed by atoms with Crippen molar-refractivity contribution >= 4 is 0 Å². The van der Waals surface area contributed by atoms with Crippen LogP contribution in [0.5, 0.6) is 11.5 Å². The molecule has 1 aliphatic heterocycles. The summed E-state index contributed by atoms with van der Waals surface area (Å²) in [7, 11) is 3.38. The number of methoxy groups -OCH3 is 2. The van der Waals surface area contributed by atoms with Crippen molar-refractivity contribution in [3.63, 3.8) is 0 Å². The Balaban J connectivity index is 1.69. The molecule has 1 aliphatic rings. The number of rotatable bonds is 8. The molecular weight excluding hydrogens is 258 g/mol. The Hall–Kier alpha value is -1.30. The second kappa shape index (κ2) is 7.47. The van der Waals surface area contributed by atoms with Gasteiger partial charge in [-0.1, -0.05) is 12.1 Å². The molecule has 0 spiro atoms. The molecule has 2 rings (SSSR count). The molecule has 0 amide bonds. The summed E-state index contributed by atoms with van der Waals surface area (Å²) in [5.41, 5.74) is -0.176. The lowest BCUT2D eigenvalue weighted by Gasteiger charge is -2.26. The van der Waals surface area contributed by atoms with Gasteiger partial charge in [-0.05, 0) is 12.1 Å². The molecule has 1 unspecified atom stereocenters. The molecule has 0 bridgehead atoms. The van der Waals surface area contributed by atoms with E-state index < -0.39 is 0 Å². The maximum Gasteiger partial charge on any atom is 0.161 e. The number of hydrogen-bond donors (Lipinski definition) is 1. The summed E-state index contributed by atoms with van der Waals surface area (Å²) in [5, 5.41) is 3.36. The number of para-hydroxylation sites is 2. The number of hydrogen-bond acceptors (Lipinski definition) is 5. The van der Waals surface area contributed by atoms with Crippen LogP contribution in [0.3, 0.4) is 0 Å². The maximum atomic E-state index is 5.70. The van der Waals surface area contributed by atoms with E-state index in [0.29, 0.717) is 13.2 Å². The lowest BCUT2D eigenvalue weighted by molar-refractivity contribution is -0.0159. The van der Waals surface area contributed by atoms with Crippen LogP contribution >= 0.6 is 0 Å². The molecule has 0 radical (unpaired) electrons. The average Bonchev–Trinajstić information content (AvgIpc) is 2.97. The highest BCUT2D eigenvalue weighted by molar-refractivity contribution is 5.39. The van der Waals surface area contributed by atoms with E-state index in [1.54, 1.807) is 14.2 Å². The third-order valence-electron chi connectivity index (χ3n) is 3.55. The van der Waals surface area contributed by atoms with Crippen LogP contribution in [0.25, 0.3) is 0 Å². The van der Waals surface area contributed by atoms with Crippen LogP contribution in [0.4, 0.5) is 0 Å². The Morgan fingerprint density at radius 1 is 1.25 bits per heavy atom. The van der Waals surface area contributed by atoms with E-state index in [1.807, 2.05) is 24.3 Å². The van der Waals surface area contributed by atoms with Gasteiger partial charge < -0.3 is 24.3 Å². The second-order valence-corrected chi connectivity index (χ2v) is 4.87. The van der Waals surface area contributed by atoms with Crippen molar-refractivity contribution in [3.05, 3.63) is 24.3 Å². The molecule has 0 aliphatic carbocycles. The van der Waals surface area contributed by atoms with Gasteiger partial charge in [0.25, 0.3) is 0 Å². The summed E-state index contributed by atoms with van der Waals surface area (Å²) in [5.74, 6) is 1.52. The molecule has 5 heteroatoms. The van der Waals surface area contributed by atoms with Gasteiger partial charge in [0, 0.05) is 33.2 Å². The minimum absolute atomic E-state index is 0.176. The van der Waals surface area contributed by atoms with Crippen LogP contribution in [0.15, 0.2) is 24.3 Å². The summed E-state index contributed by atoms with van der Waals surface area (Å²) in [6, 6.07) is 7.65. The van der Waals surface area contributed by atoms with Gasteiger partial charge in [0.05, 0.1) is 13.7 Å². The third-order valence-corrected chi connectivity index (χ3v) is 3.55. The van der Waals surface area contributed by atoms with Crippen LogP contribution in [-0.2, 0) is 9.47 Å². The Morgan fingerprint density at radius 2 is 2.05 bits per heavy atom. The first-order valence-corrected chi connectivity index (χ1v) is 6.89. The second-order valence-electron chi connectivity index (χ2n) is 4.87. The Morgan fingerprint density at radius 3 is 2.70 bits per heavy atom. The zero-order chi connectivity index (χ0) is 14.3. The third kappa shape index (κ3) is 3.85. The standard InChI is InChI=1S/C15H23NO4/c1-17-13-5-3-4-6-14(13)20-10-8-16-11-15(18-2)7-9-19-12-15/h3-6,16H,7-12H2,1-2H3. The van der Waals surface area contributed by atoms with Crippen LogP contribution in [0.2, 0.25) is 0 Å². The van der Waals surface area contributed by atoms with Crippen LogP contribution < -0.4 is 14.8 Å². The van der Waals surface area contributed by atoms with Crippen molar-refractivity contribution in [3.8, 4) is 11.5 Å². The minimum Gasteiger partial charge on any atom is -0.493 e. The Labute approximate surface area is 120 Å². The molecule has 0 saturated carbocycles. The first kappa shape index (κ1) is 15.1. The normalized spacial score (nSPS) is 21.9. The highest BCUT2D eigenvalue weighted by Gasteiger charge is 2.34. The lowest BCUT2D eigenvalue weighted by Crippen LogP contribution is -2.44. The van der Waals surface area contributed by atoms with Gasteiger partial charge in [-0.3, -0.25) is 0 Å². The molecule has 1 aromatic rings. The van der Waals surface area contributed by atoms with Crippen LogP contribution in [0, 0.1) is 0 Å². The van der Waals surface area contributed by atoms with Gasteiger partial charge in [-0.15, -0.1) is 0 Å². The molecule has 112 valence electrons. The monoisotopic (exact) mass is 281 g/mol. The van der Waals surface area contributed by atoms with E-state index in [9.17, 15) is 0 Å². The van der Waals surface area contributed by atoms with Crippen molar-refractivity contribution in [2.75, 3.05) is 47.1 Å². The van der Waals surface area contributed by atoms with Gasteiger partial charge in [-0.2, -0.15) is 0 Å². The molecule has 20 heavy (non-hydrogen) atoms. The molecule has 1 N–H and O–H groups in total. The van der Waals surface area contributed by atoms with Crippen molar-refractivity contribution in [2.45, 2.75) is 12.0 Å². The van der Waals surface area contributed by atoms with Crippen molar-refractivity contribution in [1.29, 1.82) is 0 Å². The number of nitrogens with one attached hydrogen (secondary N) is 1. The summed E-state index contributed by atoms with van der Waals surface area (Å²) in [4.78, 5) is 0. The Bertz CT molecular complexity index is 405. The fourth-order valence-corrected chi connectivity index (χ4v) is 2.25. The van der Waals surface area contributed by atoms with Gasteiger partial charge in [-0.25, -0.2) is 0 Å². The van der Waals surface area contributed by atoms with E-state index in [2.05, 4.69) is 5.32 Å². The lowest BCUT2D eigenvalue weighted by atomic mass is 10.0. The largest absolute Gasteiger partial charge is 0.493 e. The topological polar surface area (TPSA) is 49.0 Å². The molecule has 1 fully saturated rings. The Kier molecular flexibility index (Phi) is 5.64. The predicted octanol–water partition coefficient (Wildman–Crippen LogP) is 1.47. The van der Waals surface area contributed by atoms with E-state index in [0.717, 1.165) is 37.6 Å². The number of benzene rings is 1. The molecule has 1 atom stereocenters. The van der Waals surface area contributed by atoms with E-state index in [-0.39, 0.29) is 5.60 Å². The molecule has 1 aromatic carbocycles. The zero-order valence-electron chi connectivity index (χ0n) is 12.2. The zero-order valence-corrected chi connectivity index (χ0v) is 12.2. The summed E-state index contributed by atoms with van der Waals surface area (Å²) < 4.78 is 21.9. The van der Waals surface area contributed by atoms with Gasteiger partial charge in [0.2, 0.25) is 0 Å². The molecule has 0 aromatic heterocycles. The highest BCUT2D eigenvalue weighted by atomic mass is 16.5. The first-order valence-electron chi connectivity index (χ1n) is 6.89. The molecular formula is C15H23NO4. The first-order chi connectivity index (χ1) is 9.79. The van der Waals surface area contributed by atoms with Crippen LogP contribution in [-0.4, -0.2) is 52.7 Å². The average molecular weight is 281 g/mol. The highest BCUT2D eigenvalue weighted by Crippen LogP contribution is 2.25. The smallest absolute Gasteiger partial charge is 0.161 e. The van der Waals surface area contributed by atoms with E-state index in [4.69, 9.17) is 18.9 Å².